The molecule has 1 fully saturated rings. The molecule has 6 heteroatoms. The summed E-state index contributed by atoms with van der Waals surface area (Å²) in [6.07, 6.45) is 0. The summed E-state index contributed by atoms with van der Waals surface area (Å²) in [5.41, 5.74) is 0. The Kier molecular flexibility index (Phi) is 5.76. The van der Waals surface area contributed by atoms with Crippen LogP contribution in [0.25, 0.3) is 0 Å². The minimum Gasteiger partial charge on any atom is -0.395 e. The van der Waals surface area contributed by atoms with E-state index in [1.54, 1.807) is 0 Å². The first-order valence-electron chi connectivity index (χ1n) is 7.85. The highest BCUT2D eigenvalue weighted by molar-refractivity contribution is 5.50. The van der Waals surface area contributed by atoms with Crippen LogP contribution >= 0.6 is 0 Å². The van der Waals surface area contributed by atoms with Crippen molar-refractivity contribution in [1.29, 1.82) is 0 Å². The van der Waals surface area contributed by atoms with E-state index < -0.39 is 0 Å². The summed E-state index contributed by atoms with van der Waals surface area (Å²) in [6.45, 7) is 12.0. The van der Waals surface area contributed by atoms with E-state index in [9.17, 15) is 0 Å². The Hall–Kier alpha value is -1.40. The smallest absolute Gasteiger partial charge is 0.135 e. The van der Waals surface area contributed by atoms with E-state index in [1.165, 1.54) is 0 Å². The number of hydrogen-bond donors (Lipinski definition) is 2. The number of rotatable bonds is 6. The number of hydrogen-bond acceptors (Lipinski definition) is 6. The van der Waals surface area contributed by atoms with E-state index in [4.69, 9.17) is 10.1 Å². The van der Waals surface area contributed by atoms with Crippen molar-refractivity contribution >= 4 is 11.6 Å². The molecular formula is C15H27N5O. The molecule has 2 rings (SSSR count). The predicted molar refractivity (Wildman–Crippen MR) is 86.0 cm³/mol. The van der Waals surface area contributed by atoms with E-state index in [1.807, 2.05) is 6.07 Å². The third-order valence-electron chi connectivity index (χ3n) is 3.72. The molecule has 0 unspecified atom stereocenters. The van der Waals surface area contributed by atoms with E-state index in [-0.39, 0.29) is 6.61 Å². The van der Waals surface area contributed by atoms with Gasteiger partial charge in [0.15, 0.2) is 0 Å². The van der Waals surface area contributed by atoms with E-state index in [0.29, 0.717) is 5.92 Å². The second kappa shape index (κ2) is 7.56. The second-order valence-corrected chi connectivity index (χ2v) is 5.71. The van der Waals surface area contributed by atoms with Gasteiger partial charge in [0, 0.05) is 51.3 Å². The zero-order valence-electron chi connectivity index (χ0n) is 13.3. The Morgan fingerprint density at radius 1 is 1.24 bits per heavy atom. The van der Waals surface area contributed by atoms with Gasteiger partial charge in [-0.25, -0.2) is 9.97 Å². The third-order valence-corrected chi connectivity index (χ3v) is 3.72. The minimum atomic E-state index is 0.232. The summed E-state index contributed by atoms with van der Waals surface area (Å²) >= 11 is 0. The lowest BCUT2D eigenvalue weighted by Gasteiger charge is -2.35. The van der Waals surface area contributed by atoms with Crippen LogP contribution in [0, 0.1) is 0 Å². The van der Waals surface area contributed by atoms with Crippen LogP contribution in [0.2, 0.25) is 0 Å². The van der Waals surface area contributed by atoms with Gasteiger partial charge in [0.2, 0.25) is 0 Å². The van der Waals surface area contributed by atoms with Gasteiger partial charge in [-0.3, -0.25) is 4.90 Å². The zero-order chi connectivity index (χ0) is 15.2. The van der Waals surface area contributed by atoms with Gasteiger partial charge < -0.3 is 15.3 Å². The van der Waals surface area contributed by atoms with Crippen molar-refractivity contribution in [2.45, 2.75) is 26.7 Å². The Morgan fingerprint density at radius 3 is 2.52 bits per heavy atom. The molecule has 1 aromatic rings. The number of nitrogens with zero attached hydrogens (tertiary/aromatic N) is 4. The van der Waals surface area contributed by atoms with Gasteiger partial charge in [-0.05, 0) is 6.92 Å². The fourth-order valence-corrected chi connectivity index (χ4v) is 2.49. The first-order chi connectivity index (χ1) is 10.1. The summed E-state index contributed by atoms with van der Waals surface area (Å²) in [6, 6.07) is 2.04. The quantitative estimate of drug-likeness (QED) is 0.820. The molecule has 0 amide bonds. The summed E-state index contributed by atoms with van der Waals surface area (Å²) in [7, 11) is 0. The summed E-state index contributed by atoms with van der Waals surface area (Å²) in [4.78, 5) is 13.9. The van der Waals surface area contributed by atoms with E-state index >= 15 is 0 Å². The van der Waals surface area contributed by atoms with Crippen molar-refractivity contribution in [1.82, 2.24) is 14.9 Å². The van der Waals surface area contributed by atoms with Crippen LogP contribution in [-0.4, -0.2) is 65.8 Å². The molecule has 1 aromatic heterocycles. The van der Waals surface area contributed by atoms with Crippen molar-refractivity contribution in [2.24, 2.45) is 0 Å². The van der Waals surface area contributed by atoms with E-state index in [2.05, 4.69) is 40.9 Å². The van der Waals surface area contributed by atoms with Crippen molar-refractivity contribution in [3.63, 3.8) is 0 Å². The van der Waals surface area contributed by atoms with Gasteiger partial charge in [0.1, 0.15) is 17.5 Å². The maximum atomic E-state index is 9.01. The molecule has 1 aliphatic rings. The number of aromatic nitrogens is 2. The largest absolute Gasteiger partial charge is 0.395 e. The first kappa shape index (κ1) is 16.0. The van der Waals surface area contributed by atoms with Crippen molar-refractivity contribution < 1.29 is 5.11 Å². The van der Waals surface area contributed by atoms with Gasteiger partial charge in [-0.15, -0.1) is 0 Å². The molecular weight excluding hydrogens is 266 g/mol. The number of anilines is 2. The molecule has 1 saturated heterocycles. The summed E-state index contributed by atoms with van der Waals surface area (Å²) in [5.74, 6) is 3.12. The summed E-state index contributed by atoms with van der Waals surface area (Å²) in [5, 5.41) is 12.3. The predicted octanol–water partition coefficient (Wildman–Crippen LogP) is 1.15. The Bertz CT molecular complexity index is 444. The molecule has 0 aromatic carbocycles. The van der Waals surface area contributed by atoms with Crippen LogP contribution in [0.3, 0.4) is 0 Å². The Balaban J connectivity index is 2.11. The Morgan fingerprint density at radius 2 is 1.95 bits per heavy atom. The van der Waals surface area contributed by atoms with Crippen LogP contribution in [0.4, 0.5) is 11.6 Å². The molecule has 2 N–H and O–H groups in total. The normalized spacial score (nSPS) is 16.5. The molecule has 0 atom stereocenters. The molecule has 0 aliphatic carbocycles. The average molecular weight is 293 g/mol. The van der Waals surface area contributed by atoms with Gasteiger partial charge >= 0.3 is 0 Å². The molecule has 0 spiro atoms. The van der Waals surface area contributed by atoms with Gasteiger partial charge in [0.25, 0.3) is 0 Å². The number of aliphatic hydroxyl groups excluding tert-OH is 1. The molecule has 1 aliphatic heterocycles. The van der Waals surface area contributed by atoms with Crippen molar-refractivity contribution in [3.8, 4) is 0 Å². The molecule has 0 bridgehead atoms. The maximum Gasteiger partial charge on any atom is 0.135 e. The fraction of sp³-hybridized carbons (Fsp3) is 0.733. The van der Waals surface area contributed by atoms with Crippen molar-refractivity contribution in [2.75, 3.05) is 56.1 Å². The van der Waals surface area contributed by atoms with Crippen LogP contribution in [0.1, 0.15) is 32.5 Å². The SMILES string of the molecule is CCNc1cc(N2CCN(CCO)CC2)nc(C(C)C)n1. The highest BCUT2D eigenvalue weighted by Crippen LogP contribution is 2.21. The maximum absolute atomic E-state index is 9.01. The molecule has 118 valence electrons. The highest BCUT2D eigenvalue weighted by Gasteiger charge is 2.19. The summed E-state index contributed by atoms with van der Waals surface area (Å²) < 4.78 is 0. The van der Waals surface area contributed by atoms with Crippen LogP contribution < -0.4 is 10.2 Å². The van der Waals surface area contributed by atoms with Crippen molar-refractivity contribution in [3.05, 3.63) is 11.9 Å². The monoisotopic (exact) mass is 293 g/mol. The lowest BCUT2D eigenvalue weighted by Crippen LogP contribution is -2.47. The van der Waals surface area contributed by atoms with E-state index in [0.717, 1.165) is 56.7 Å². The fourth-order valence-electron chi connectivity index (χ4n) is 2.49. The highest BCUT2D eigenvalue weighted by atomic mass is 16.3. The zero-order valence-corrected chi connectivity index (χ0v) is 13.3. The topological polar surface area (TPSA) is 64.5 Å². The third kappa shape index (κ3) is 4.28. The second-order valence-electron chi connectivity index (χ2n) is 5.71. The minimum absolute atomic E-state index is 0.232. The number of nitrogens with one attached hydrogen (secondary N) is 1. The lowest BCUT2D eigenvalue weighted by molar-refractivity contribution is 0.188. The van der Waals surface area contributed by atoms with Crippen LogP contribution in [0.15, 0.2) is 6.07 Å². The molecule has 0 saturated carbocycles. The van der Waals surface area contributed by atoms with Gasteiger partial charge in [0.05, 0.1) is 6.61 Å². The molecule has 2 heterocycles. The first-order valence-corrected chi connectivity index (χ1v) is 7.85. The molecule has 0 radical (unpaired) electrons. The van der Waals surface area contributed by atoms with Crippen LogP contribution in [-0.2, 0) is 0 Å². The number of aliphatic hydroxyl groups is 1. The standard InChI is InChI=1S/C15H27N5O/c1-4-16-13-11-14(18-15(17-13)12(2)3)20-7-5-19(6-8-20)9-10-21/h11-12,21H,4-10H2,1-3H3,(H,16,17,18). The molecule has 6 nitrogen and oxygen atoms in total. The number of β-amino-alcohol motifs (C(OH)–C–C–N with tert-alkyl or cyclic N) is 1. The Labute approximate surface area is 127 Å². The molecule has 21 heavy (non-hydrogen) atoms. The van der Waals surface area contributed by atoms with Gasteiger partial charge in [-0.1, -0.05) is 13.8 Å². The van der Waals surface area contributed by atoms with Crippen LogP contribution in [0.5, 0.6) is 0 Å². The average Bonchev–Trinajstić information content (AvgIpc) is 2.48. The van der Waals surface area contributed by atoms with Gasteiger partial charge in [-0.2, -0.15) is 0 Å². The lowest BCUT2D eigenvalue weighted by atomic mass is 10.2. The number of piperazine rings is 1.